The lowest BCUT2D eigenvalue weighted by molar-refractivity contribution is 0.669. The molecule has 0 amide bonds. The molecule has 2 aromatic heterocycles. The second-order valence-corrected chi connectivity index (χ2v) is 15.7. The molecule has 0 fully saturated rings. The van der Waals surface area contributed by atoms with Gasteiger partial charge in [-0.05, 0) is 117 Å². The van der Waals surface area contributed by atoms with E-state index in [9.17, 15) is 0 Å². The molecule has 286 valence electrons. The van der Waals surface area contributed by atoms with E-state index in [2.05, 4.69) is 228 Å². The fourth-order valence-corrected chi connectivity index (χ4v) is 9.25. The first kappa shape index (κ1) is 34.9. The molecule has 0 atom stereocenters. The van der Waals surface area contributed by atoms with Crippen molar-refractivity contribution in [2.45, 2.75) is 0 Å². The molecule has 0 radical (unpaired) electrons. The Hall–Kier alpha value is -8.14. The summed E-state index contributed by atoms with van der Waals surface area (Å²) in [5.41, 5.74) is 15.6. The van der Waals surface area contributed by atoms with E-state index in [1.54, 1.807) is 0 Å². The highest BCUT2D eigenvalue weighted by Crippen LogP contribution is 2.41. The molecule has 0 spiro atoms. The van der Waals surface area contributed by atoms with Gasteiger partial charge >= 0.3 is 0 Å². The van der Waals surface area contributed by atoms with Crippen LogP contribution in [0.15, 0.2) is 235 Å². The normalized spacial score (nSPS) is 11.6. The summed E-state index contributed by atoms with van der Waals surface area (Å²) in [6, 6.07) is 83.0. The van der Waals surface area contributed by atoms with Crippen LogP contribution < -0.4 is 4.90 Å². The van der Waals surface area contributed by atoms with E-state index in [0.29, 0.717) is 0 Å². The van der Waals surface area contributed by atoms with Gasteiger partial charge in [-0.1, -0.05) is 158 Å². The maximum Gasteiger partial charge on any atom is 0.136 e. The van der Waals surface area contributed by atoms with E-state index in [0.717, 1.165) is 50.3 Å². The van der Waals surface area contributed by atoms with Crippen LogP contribution in [-0.2, 0) is 0 Å². The number of furan rings is 1. The zero-order chi connectivity index (χ0) is 40.3. The van der Waals surface area contributed by atoms with E-state index in [-0.39, 0.29) is 0 Å². The molecular formula is C58H38N2O. The largest absolute Gasteiger partial charge is 0.456 e. The number of nitrogens with zero attached hydrogens (tertiary/aromatic N) is 2. The van der Waals surface area contributed by atoms with Gasteiger partial charge in [-0.25, -0.2) is 0 Å². The standard InChI is InChI=1S/C58H38N2O/c1-2-12-44-37-45(28-25-39(44)11-1)42-31-35-47(36-32-42)59(48-13-9-14-49(38-48)60-54-19-6-3-15-51(54)52-16-4-7-20-55(52)60)46-33-29-41(30-34-46)40-23-26-43(27-24-40)50-18-10-22-57-58(50)53-17-5-8-21-56(53)61-57/h1-38H. The van der Waals surface area contributed by atoms with Crippen LogP contribution in [0.2, 0.25) is 0 Å². The maximum atomic E-state index is 6.20. The third-order valence-corrected chi connectivity index (χ3v) is 12.2. The second kappa shape index (κ2) is 14.3. The summed E-state index contributed by atoms with van der Waals surface area (Å²) < 4.78 is 8.58. The van der Waals surface area contributed by atoms with Crippen molar-refractivity contribution in [3.63, 3.8) is 0 Å². The van der Waals surface area contributed by atoms with Crippen LogP contribution in [0.5, 0.6) is 0 Å². The predicted molar refractivity (Wildman–Crippen MR) is 257 cm³/mol. The van der Waals surface area contributed by atoms with E-state index in [1.165, 1.54) is 60.4 Å². The Morgan fingerprint density at radius 1 is 0.328 bits per heavy atom. The van der Waals surface area contributed by atoms with Gasteiger partial charge in [0.15, 0.2) is 0 Å². The number of rotatable bonds is 7. The van der Waals surface area contributed by atoms with Crippen molar-refractivity contribution >= 4 is 71.6 Å². The average molecular weight is 779 g/mol. The fraction of sp³-hybridized carbons (Fsp3) is 0. The van der Waals surface area contributed by atoms with Crippen molar-refractivity contribution in [2.24, 2.45) is 0 Å². The van der Waals surface area contributed by atoms with Crippen molar-refractivity contribution in [3.8, 4) is 39.1 Å². The van der Waals surface area contributed by atoms with Gasteiger partial charge in [0, 0.05) is 44.3 Å². The van der Waals surface area contributed by atoms with Gasteiger partial charge < -0.3 is 13.9 Å². The van der Waals surface area contributed by atoms with Crippen LogP contribution in [0.25, 0.3) is 93.6 Å². The monoisotopic (exact) mass is 778 g/mol. The van der Waals surface area contributed by atoms with Crippen LogP contribution in [0.1, 0.15) is 0 Å². The number of hydrogen-bond donors (Lipinski definition) is 0. The van der Waals surface area contributed by atoms with Crippen molar-refractivity contribution in [3.05, 3.63) is 231 Å². The van der Waals surface area contributed by atoms with Gasteiger partial charge in [0.2, 0.25) is 0 Å². The third-order valence-electron chi connectivity index (χ3n) is 12.2. The molecule has 0 bridgehead atoms. The van der Waals surface area contributed by atoms with Crippen molar-refractivity contribution in [1.29, 1.82) is 0 Å². The van der Waals surface area contributed by atoms with Crippen LogP contribution in [0, 0.1) is 0 Å². The Morgan fingerprint density at radius 3 is 1.56 bits per heavy atom. The zero-order valence-corrected chi connectivity index (χ0v) is 33.2. The van der Waals surface area contributed by atoms with Gasteiger partial charge in [0.05, 0.1) is 11.0 Å². The quantitative estimate of drug-likeness (QED) is 0.161. The summed E-state index contributed by atoms with van der Waals surface area (Å²) in [6.45, 7) is 0. The van der Waals surface area contributed by atoms with Crippen molar-refractivity contribution < 1.29 is 4.42 Å². The van der Waals surface area contributed by atoms with Gasteiger partial charge in [0.1, 0.15) is 11.2 Å². The maximum absolute atomic E-state index is 6.20. The number of hydrogen-bond acceptors (Lipinski definition) is 2. The van der Waals surface area contributed by atoms with E-state index < -0.39 is 0 Å². The van der Waals surface area contributed by atoms with Gasteiger partial charge in [0.25, 0.3) is 0 Å². The zero-order valence-electron chi connectivity index (χ0n) is 33.2. The molecule has 0 saturated heterocycles. The smallest absolute Gasteiger partial charge is 0.136 e. The van der Waals surface area contributed by atoms with E-state index in [4.69, 9.17) is 4.42 Å². The number of anilines is 3. The third kappa shape index (κ3) is 5.98. The predicted octanol–water partition coefficient (Wildman–Crippen LogP) is 16.3. The Balaban J connectivity index is 0.932. The molecule has 0 saturated carbocycles. The number of para-hydroxylation sites is 3. The molecule has 61 heavy (non-hydrogen) atoms. The summed E-state index contributed by atoms with van der Waals surface area (Å²) in [6.07, 6.45) is 0. The van der Waals surface area contributed by atoms with Crippen LogP contribution in [0.4, 0.5) is 17.1 Å². The lowest BCUT2D eigenvalue weighted by Gasteiger charge is -2.26. The van der Waals surface area contributed by atoms with Crippen molar-refractivity contribution in [1.82, 2.24) is 4.57 Å². The molecule has 0 N–H and O–H groups in total. The molecule has 0 aliphatic rings. The first-order chi connectivity index (χ1) is 30.2. The molecule has 2 heterocycles. The number of aromatic nitrogens is 1. The SMILES string of the molecule is c1cc(N(c2ccc(-c3ccc(-c4cccc5oc6ccccc6c45)cc3)cc2)c2ccc(-c3ccc4ccccc4c3)cc2)cc(-n2c3ccccc3c3ccccc32)c1. The molecule has 3 nitrogen and oxygen atoms in total. The number of fused-ring (bicyclic) bond motifs is 7. The van der Waals surface area contributed by atoms with Gasteiger partial charge in [-0.3, -0.25) is 0 Å². The molecule has 3 heteroatoms. The first-order valence-corrected chi connectivity index (χ1v) is 20.8. The van der Waals surface area contributed by atoms with Gasteiger partial charge in [-0.2, -0.15) is 0 Å². The minimum Gasteiger partial charge on any atom is -0.456 e. The summed E-state index contributed by atoms with van der Waals surface area (Å²) in [5.74, 6) is 0. The molecule has 0 aliphatic heterocycles. The molecule has 12 aromatic rings. The van der Waals surface area contributed by atoms with Crippen molar-refractivity contribution in [2.75, 3.05) is 4.90 Å². The summed E-state index contributed by atoms with van der Waals surface area (Å²) in [7, 11) is 0. The summed E-state index contributed by atoms with van der Waals surface area (Å²) in [4.78, 5) is 2.37. The highest BCUT2D eigenvalue weighted by Gasteiger charge is 2.18. The lowest BCUT2D eigenvalue weighted by Crippen LogP contribution is -2.10. The molecule has 12 rings (SSSR count). The fourth-order valence-electron chi connectivity index (χ4n) is 9.25. The second-order valence-electron chi connectivity index (χ2n) is 15.7. The average Bonchev–Trinajstić information content (AvgIpc) is 3.88. The lowest BCUT2D eigenvalue weighted by atomic mass is 9.97. The Kier molecular flexibility index (Phi) is 8.17. The highest BCUT2D eigenvalue weighted by atomic mass is 16.3. The van der Waals surface area contributed by atoms with Crippen LogP contribution in [-0.4, -0.2) is 4.57 Å². The van der Waals surface area contributed by atoms with E-state index in [1.807, 2.05) is 12.1 Å². The topological polar surface area (TPSA) is 21.3 Å². The molecule has 0 aliphatic carbocycles. The van der Waals surface area contributed by atoms with E-state index >= 15 is 0 Å². The highest BCUT2D eigenvalue weighted by molar-refractivity contribution is 6.12. The van der Waals surface area contributed by atoms with Gasteiger partial charge in [-0.15, -0.1) is 0 Å². The first-order valence-electron chi connectivity index (χ1n) is 20.8. The van der Waals surface area contributed by atoms with Crippen LogP contribution in [0.3, 0.4) is 0 Å². The molecular weight excluding hydrogens is 741 g/mol. The van der Waals surface area contributed by atoms with Crippen LogP contribution >= 0.6 is 0 Å². The molecule has 10 aromatic carbocycles. The Labute approximate surface area is 353 Å². The Bertz CT molecular complexity index is 3520. The summed E-state index contributed by atoms with van der Waals surface area (Å²) in [5, 5.41) is 7.29. The molecule has 0 unspecified atom stereocenters. The number of benzene rings is 10. The minimum atomic E-state index is 0.909. The minimum absolute atomic E-state index is 0.909. The summed E-state index contributed by atoms with van der Waals surface area (Å²) >= 11 is 0. The Morgan fingerprint density at radius 2 is 0.852 bits per heavy atom.